The number of carbonyl (C=O) groups excluding carboxylic acids is 3. The number of rotatable bonds is 8. The minimum atomic E-state index is -0.212. The minimum Gasteiger partial charge on any atom is -0.376 e. The van der Waals surface area contributed by atoms with Gasteiger partial charge in [0.15, 0.2) is 0 Å². The van der Waals surface area contributed by atoms with Crippen molar-refractivity contribution in [2.24, 2.45) is 5.92 Å². The first-order valence-electron chi connectivity index (χ1n) is 9.22. The molecule has 0 atom stereocenters. The van der Waals surface area contributed by atoms with Crippen LogP contribution < -0.4 is 21.3 Å². The molecule has 0 radical (unpaired) electrons. The second-order valence-corrected chi connectivity index (χ2v) is 6.61. The van der Waals surface area contributed by atoms with Crippen molar-refractivity contribution in [1.29, 1.82) is 0 Å². The lowest BCUT2D eigenvalue weighted by Gasteiger charge is -2.11. The Morgan fingerprint density at radius 3 is 1.96 bits per heavy atom. The Hall–Kier alpha value is -3.35. The third kappa shape index (κ3) is 6.75. The molecule has 4 N–H and O–H groups in total. The van der Waals surface area contributed by atoms with E-state index < -0.39 is 0 Å². The molecule has 0 bridgehead atoms. The number of carbonyl (C=O) groups is 3. The molecular formula is C21H26N4O3. The van der Waals surface area contributed by atoms with Crippen molar-refractivity contribution in [1.82, 2.24) is 0 Å². The fourth-order valence-electron chi connectivity index (χ4n) is 2.27. The van der Waals surface area contributed by atoms with Crippen LogP contribution in [0.5, 0.6) is 0 Å². The molecule has 0 aliphatic heterocycles. The zero-order valence-corrected chi connectivity index (χ0v) is 16.3. The smallest absolute Gasteiger partial charge is 0.243 e. The molecular weight excluding hydrogens is 356 g/mol. The van der Waals surface area contributed by atoms with Gasteiger partial charge in [0, 0.05) is 35.1 Å². The molecule has 0 spiro atoms. The van der Waals surface area contributed by atoms with E-state index in [0.29, 0.717) is 23.5 Å². The van der Waals surface area contributed by atoms with Gasteiger partial charge >= 0.3 is 0 Å². The van der Waals surface area contributed by atoms with E-state index in [1.807, 2.05) is 13.8 Å². The number of amides is 3. The molecule has 0 unspecified atom stereocenters. The normalized spacial score (nSPS) is 10.3. The van der Waals surface area contributed by atoms with Crippen LogP contribution in [-0.2, 0) is 14.4 Å². The van der Waals surface area contributed by atoms with Gasteiger partial charge in [0.05, 0.1) is 6.54 Å². The van der Waals surface area contributed by atoms with Gasteiger partial charge in [0.25, 0.3) is 0 Å². The van der Waals surface area contributed by atoms with Crippen molar-refractivity contribution in [3.05, 3.63) is 48.5 Å². The van der Waals surface area contributed by atoms with E-state index in [1.165, 1.54) is 0 Å². The van der Waals surface area contributed by atoms with E-state index in [2.05, 4.69) is 21.3 Å². The molecule has 2 aromatic carbocycles. The maximum absolute atomic E-state index is 12.2. The molecule has 0 heterocycles. The quantitative estimate of drug-likeness (QED) is 0.560. The molecule has 28 heavy (non-hydrogen) atoms. The molecule has 7 nitrogen and oxygen atoms in total. The van der Waals surface area contributed by atoms with E-state index in [0.717, 1.165) is 5.69 Å². The van der Waals surface area contributed by atoms with E-state index >= 15 is 0 Å². The molecule has 0 fully saturated rings. The van der Waals surface area contributed by atoms with Crippen LogP contribution in [0.2, 0.25) is 0 Å². The molecule has 2 aromatic rings. The van der Waals surface area contributed by atoms with Gasteiger partial charge in [-0.05, 0) is 42.5 Å². The molecule has 2 rings (SSSR count). The first kappa shape index (κ1) is 21.0. The molecule has 7 heteroatoms. The molecule has 0 aromatic heterocycles. The summed E-state index contributed by atoms with van der Waals surface area (Å²) >= 11 is 0. The minimum absolute atomic E-state index is 0.0492. The highest BCUT2D eigenvalue weighted by molar-refractivity contribution is 5.96. The maximum atomic E-state index is 12.2. The number of benzene rings is 2. The maximum Gasteiger partial charge on any atom is 0.243 e. The Labute approximate surface area is 164 Å². The third-order valence-electron chi connectivity index (χ3n) is 3.88. The first-order valence-corrected chi connectivity index (χ1v) is 9.22. The molecule has 0 aliphatic carbocycles. The first-order chi connectivity index (χ1) is 13.4. The zero-order valence-electron chi connectivity index (χ0n) is 16.3. The van der Waals surface area contributed by atoms with Crippen molar-refractivity contribution in [3.63, 3.8) is 0 Å². The Morgan fingerprint density at radius 1 is 0.786 bits per heavy atom. The lowest BCUT2D eigenvalue weighted by atomic mass is 10.2. The molecule has 148 valence electrons. The van der Waals surface area contributed by atoms with E-state index in [1.54, 1.807) is 55.5 Å². The molecule has 3 amide bonds. The summed E-state index contributed by atoms with van der Waals surface area (Å²) in [5, 5.41) is 11.4. The summed E-state index contributed by atoms with van der Waals surface area (Å²) in [6, 6.07) is 14.1. The largest absolute Gasteiger partial charge is 0.376 e. The lowest BCUT2D eigenvalue weighted by Crippen LogP contribution is -2.22. The predicted octanol–water partition coefficient (Wildman–Crippen LogP) is 3.68. The van der Waals surface area contributed by atoms with E-state index in [4.69, 9.17) is 0 Å². The van der Waals surface area contributed by atoms with E-state index in [-0.39, 0.29) is 30.2 Å². The van der Waals surface area contributed by atoms with Crippen molar-refractivity contribution in [2.45, 2.75) is 27.2 Å². The Balaban J connectivity index is 1.85. The predicted molar refractivity (Wildman–Crippen MR) is 112 cm³/mol. The van der Waals surface area contributed by atoms with E-state index in [9.17, 15) is 14.4 Å². The molecule has 0 saturated heterocycles. The number of nitrogens with one attached hydrogen (secondary N) is 4. The summed E-state index contributed by atoms with van der Waals surface area (Å²) in [4.78, 5) is 35.3. The van der Waals surface area contributed by atoms with Crippen LogP contribution in [0, 0.1) is 5.92 Å². The van der Waals surface area contributed by atoms with Gasteiger partial charge in [-0.2, -0.15) is 0 Å². The highest BCUT2D eigenvalue weighted by Gasteiger charge is 2.08. The summed E-state index contributed by atoms with van der Waals surface area (Å²) in [5.74, 6) is -0.463. The summed E-state index contributed by atoms with van der Waals surface area (Å²) in [7, 11) is 0. The van der Waals surface area contributed by atoms with Crippen molar-refractivity contribution >= 4 is 40.5 Å². The second-order valence-electron chi connectivity index (χ2n) is 6.61. The Kier molecular flexibility index (Phi) is 7.56. The number of hydrogen-bond acceptors (Lipinski definition) is 4. The van der Waals surface area contributed by atoms with Gasteiger partial charge < -0.3 is 21.3 Å². The topological polar surface area (TPSA) is 99.3 Å². The number of hydrogen-bond donors (Lipinski definition) is 4. The fraction of sp³-hybridized carbons (Fsp3) is 0.286. The second kappa shape index (κ2) is 10.1. The summed E-state index contributed by atoms with van der Waals surface area (Å²) in [6.45, 7) is 5.51. The average Bonchev–Trinajstić information content (AvgIpc) is 2.67. The van der Waals surface area contributed by atoms with Crippen LogP contribution in [0.1, 0.15) is 27.2 Å². The van der Waals surface area contributed by atoms with Crippen molar-refractivity contribution < 1.29 is 14.4 Å². The molecule has 0 aliphatic rings. The van der Waals surface area contributed by atoms with Crippen LogP contribution in [0.4, 0.5) is 22.7 Å². The van der Waals surface area contributed by atoms with Crippen molar-refractivity contribution in [3.8, 4) is 0 Å². The van der Waals surface area contributed by atoms with Crippen LogP contribution in [0.25, 0.3) is 0 Å². The number of anilines is 4. The van der Waals surface area contributed by atoms with Gasteiger partial charge in [-0.1, -0.05) is 26.8 Å². The van der Waals surface area contributed by atoms with Gasteiger partial charge in [0.2, 0.25) is 17.7 Å². The monoisotopic (exact) mass is 382 g/mol. The Morgan fingerprint density at radius 2 is 1.36 bits per heavy atom. The van der Waals surface area contributed by atoms with Gasteiger partial charge in [-0.15, -0.1) is 0 Å². The lowest BCUT2D eigenvalue weighted by molar-refractivity contribution is -0.119. The SMILES string of the molecule is CCC(=O)Nc1ccc(NCC(=O)Nc2cccc(NC(=O)C(C)C)c2)cc1. The standard InChI is InChI=1S/C21H26N4O3/c1-4-19(26)23-16-10-8-15(9-11-16)22-13-20(27)24-17-6-5-7-18(12-17)25-21(28)14(2)3/h5-12,14,22H,4,13H2,1-3H3,(H,23,26)(H,24,27)(H,25,28). The third-order valence-corrected chi connectivity index (χ3v) is 3.88. The fourth-order valence-corrected chi connectivity index (χ4v) is 2.27. The summed E-state index contributed by atoms with van der Waals surface area (Å²) in [6.07, 6.45) is 0.419. The van der Waals surface area contributed by atoms with Gasteiger partial charge in [-0.3, -0.25) is 14.4 Å². The van der Waals surface area contributed by atoms with Gasteiger partial charge in [0.1, 0.15) is 0 Å². The molecule has 0 saturated carbocycles. The average molecular weight is 382 g/mol. The summed E-state index contributed by atoms with van der Waals surface area (Å²) in [5.41, 5.74) is 2.71. The van der Waals surface area contributed by atoms with Crippen molar-refractivity contribution in [2.75, 3.05) is 27.8 Å². The highest BCUT2D eigenvalue weighted by atomic mass is 16.2. The Bertz CT molecular complexity index is 832. The highest BCUT2D eigenvalue weighted by Crippen LogP contribution is 2.17. The van der Waals surface area contributed by atoms with Crippen LogP contribution >= 0.6 is 0 Å². The van der Waals surface area contributed by atoms with Gasteiger partial charge in [-0.25, -0.2) is 0 Å². The van der Waals surface area contributed by atoms with Crippen LogP contribution in [0.15, 0.2) is 48.5 Å². The zero-order chi connectivity index (χ0) is 20.5. The van der Waals surface area contributed by atoms with Crippen LogP contribution in [0.3, 0.4) is 0 Å². The van der Waals surface area contributed by atoms with Crippen LogP contribution in [-0.4, -0.2) is 24.3 Å². The summed E-state index contributed by atoms with van der Waals surface area (Å²) < 4.78 is 0.